The lowest BCUT2D eigenvalue weighted by molar-refractivity contribution is -0.908. The summed E-state index contributed by atoms with van der Waals surface area (Å²) in [5.74, 6) is 0. The van der Waals surface area contributed by atoms with Crippen molar-refractivity contribution in [1.29, 1.82) is 0 Å². The van der Waals surface area contributed by atoms with Crippen molar-refractivity contribution in [2.45, 2.75) is 65.2 Å². The third kappa shape index (κ3) is 17.2. The summed E-state index contributed by atoms with van der Waals surface area (Å²) >= 11 is 0. The van der Waals surface area contributed by atoms with E-state index < -0.39 is 15.8 Å². The minimum Gasteiger partial charge on any atom is -0.330 e. The van der Waals surface area contributed by atoms with Crippen LogP contribution in [0.25, 0.3) is 0 Å². The van der Waals surface area contributed by atoms with E-state index in [4.69, 9.17) is 11.5 Å². The summed E-state index contributed by atoms with van der Waals surface area (Å²) < 4.78 is 1.09. The summed E-state index contributed by atoms with van der Waals surface area (Å²) in [5.41, 5.74) is 11.7. The molecule has 4 rings (SSSR count). The van der Waals surface area contributed by atoms with Crippen LogP contribution in [0.3, 0.4) is 0 Å². The van der Waals surface area contributed by atoms with Gasteiger partial charge in [0.1, 0.15) is 0 Å². The summed E-state index contributed by atoms with van der Waals surface area (Å²) in [7, 11) is 1.18. The molecule has 1 aliphatic carbocycles. The van der Waals surface area contributed by atoms with Gasteiger partial charge in [0.2, 0.25) is 0 Å². The summed E-state index contributed by atoms with van der Waals surface area (Å²) in [6.45, 7) is 9.26. The minimum atomic E-state index is -0.710. The lowest BCUT2D eigenvalue weighted by Crippen LogP contribution is -2.49. The molecular weight excluding hydrogens is 596 g/mol. The van der Waals surface area contributed by atoms with Crippen LogP contribution in [0.4, 0.5) is 0 Å². The van der Waals surface area contributed by atoms with E-state index in [1.165, 1.54) is 70.0 Å². The molecule has 0 amide bonds. The van der Waals surface area contributed by atoms with Gasteiger partial charge in [-0.05, 0) is 81.5 Å². The number of allylic oxidation sites excluding steroid dienone is 4. The van der Waals surface area contributed by atoms with Crippen LogP contribution in [0.5, 0.6) is 0 Å². The van der Waals surface area contributed by atoms with Gasteiger partial charge in [0, 0.05) is 20.9 Å². The van der Waals surface area contributed by atoms with Gasteiger partial charge in [-0.25, -0.2) is 0 Å². The molecule has 1 aliphatic rings. The van der Waals surface area contributed by atoms with E-state index in [0.29, 0.717) is 0 Å². The molecule has 0 saturated heterocycles. The summed E-state index contributed by atoms with van der Waals surface area (Å²) in [6.07, 6.45) is 21.8. The Kier molecular flexibility index (Phi) is 22.6. The first-order chi connectivity index (χ1) is 22.6. The molecule has 2 unspecified atom stereocenters. The Hall–Kier alpha value is -2.12. The standard InChI is InChI=1S/C32H50N3P2.C6H6.C3H8/c1-35(26-23-34,25-15-22-33)24-11-12-27-36(30-16-5-2-6-17-30)28-13-14-29-37(31-18-7-3-8-19-31)32-20-9-4-10-21-32;1-2-4-6-5-3-1;1-3-2/h3-5,7-10,16-21H,2,6,11-15,22-29,33-34H2,1H3;1-6H;3H2,1-2H3/q+1;;/p+2. The van der Waals surface area contributed by atoms with E-state index in [1.54, 1.807) is 15.9 Å². The van der Waals surface area contributed by atoms with Crippen molar-refractivity contribution < 1.29 is 4.48 Å². The van der Waals surface area contributed by atoms with Crippen molar-refractivity contribution in [2.75, 3.05) is 58.3 Å². The first-order valence-electron chi connectivity index (χ1n) is 18.0. The number of unbranched alkanes of at least 4 members (excludes halogenated alkanes) is 2. The van der Waals surface area contributed by atoms with Gasteiger partial charge in [-0.2, -0.15) is 0 Å². The quantitative estimate of drug-likeness (QED) is 0.0814. The zero-order valence-electron chi connectivity index (χ0n) is 29.4. The smallest absolute Gasteiger partial charge is 0.0966 e. The van der Waals surface area contributed by atoms with Gasteiger partial charge >= 0.3 is 0 Å². The summed E-state index contributed by atoms with van der Waals surface area (Å²) in [4.78, 5) is 0. The maximum Gasteiger partial charge on any atom is 0.0966 e. The second-order valence-corrected chi connectivity index (χ2v) is 18.1. The highest BCUT2D eigenvalue weighted by Gasteiger charge is 2.25. The molecule has 0 bridgehead atoms. The van der Waals surface area contributed by atoms with Crippen LogP contribution >= 0.6 is 15.8 Å². The van der Waals surface area contributed by atoms with Crippen molar-refractivity contribution in [3.8, 4) is 0 Å². The van der Waals surface area contributed by atoms with Gasteiger partial charge in [0.25, 0.3) is 0 Å². The summed E-state index contributed by atoms with van der Waals surface area (Å²) in [6, 6.07) is 34.5. The Morgan fingerprint density at radius 1 is 0.587 bits per heavy atom. The topological polar surface area (TPSA) is 52.0 Å². The molecule has 0 fully saturated rings. The molecular formula is C41H66N3P2+3. The highest BCUT2D eigenvalue weighted by Crippen LogP contribution is 2.48. The Morgan fingerprint density at radius 2 is 1.07 bits per heavy atom. The van der Waals surface area contributed by atoms with E-state index in [2.05, 4.69) is 99.8 Å². The number of hydrogen-bond donors (Lipinski definition) is 2. The van der Waals surface area contributed by atoms with Crippen molar-refractivity contribution in [3.63, 3.8) is 0 Å². The number of rotatable bonds is 18. The largest absolute Gasteiger partial charge is 0.330 e. The molecule has 46 heavy (non-hydrogen) atoms. The Balaban J connectivity index is 0.000000710. The fraction of sp³-hybridized carbons (Fsp3) is 0.463. The third-order valence-corrected chi connectivity index (χ3v) is 14.5. The highest BCUT2D eigenvalue weighted by molar-refractivity contribution is 7.73. The van der Waals surface area contributed by atoms with Gasteiger partial charge in [-0.3, -0.25) is 0 Å². The second-order valence-electron chi connectivity index (χ2n) is 12.7. The number of quaternary nitrogens is 1. The van der Waals surface area contributed by atoms with E-state index in [-0.39, 0.29) is 0 Å². The number of benzene rings is 3. The Bertz CT molecular complexity index is 1100. The van der Waals surface area contributed by atoms with Crippen molar-refractivity contribution in [3.05, 3.63) is 121 Å². The number of nitrogens with zero attached hydrogens (tertiary/aromatic N) is 1. The van der Waals surface area contributed by atoms with Gasteiger partial charge in [-0.15, -0.1) is 0 Å². The molecule has 0 aromatic heterocycles. The predicted octanol–water partition coefficient (Wildman–Crippen LogP) is 8.72. The van der Waals surface area contributed by atoms with Crippen LogP contribution < -0.4 is 22.1 Å². The van der Waals surface area contributed by atoms with Crippen LogP contribution in [0, 0.1) is 0 Å². The van der Waals surface area contributed by atoms with E-state index >= 15 is 0 Å². The fourth-order valence-corrected chi connectivity index (χ4v) is 11.7. The third-order valence-electron chi connectivity index (χ3n) is 8.47. The van der Waals surface area contributed by atoms with Gasteiger partial charge in [-0.1, -0.05) is 99.1 Å². The van der Waals surface area contributed by atoms with Crippen LogP contribution in [-0.4, -0.2) is 62.7 Å². The number of likely N-dealkylation sites (N-methyl/N-ethyl adjacent to an activating group) is 1. The Labute approximate surface area is 285 Å². The average molecular weight is 663 g/mol. The zero-order valence-corrected chi connectivity index (χ0v) is 31.4. The molecule has 4 N–H and O–H groups in total. The molecule has 0 saturated carbocycles. The first-order valence-corrected chi connectivity index (χ1v) is 21.6. The monoisotopic (exact) mass is 662 g/mol. The molecule has 3 aromatic rings. The fourth-order valence-electron chi connectivity index (χ4n) is 6.00. The van der Waals surface area contributed by atoms with Gasteiger partial charge < -0.3 is 16.0 Å². The maximum atomic E-state index is 5.94. The molecule has 3 aromatic carbocycles. The lowest BCUT2D eigenvalue weighted by Gasteiger charge is -2.34. The summed E-state index contributed by atoms with van der Waals surface area (Å²) in [5, 5.41) is 4.81. The van der Waals surface area contributed by atoms with Crippen molar-refractivity contribution in [2.24, 2.45) is 11.5 Å². The van der Waals surface area contributed by atoms with Crippen LogP contribution in [0.15, 0.2) is 121 Å². The van der Waals surface area contributed by atoms with Crippen molar-refractivity contribution in [1.82, 2.24) is 0 Å². The van der Waals surface area contributed by atoms with E-state index in [1.807, 2.05) is 36.4 Å². The molecule has 252 valence electrons. The molecule has 3 nitrogen and oxygen atoms in total. The molecule has 2 atom stereocenters. The van der Waals surface area contributed by atoms with Gasteiger partial charge in [0.15, 0.2) is 0 Å². The average Bonchev–Trinajstić information content (AvgIpc) is 3.11. The van der Waals surface area contributed by atoms with Crippen LogP contribution in [0.2, 0.25) is 0 Å². The first kappa shape index (κ1) is 40.1. The predicted molar refractivity (Wildman–Crippen MR) is 214 cm³/mol. The molecule has 0 aliphatic heterocycles. The molecule has 0 heterocycles. The SMILES string of the molecule is CCC.C[N+](CCN)(CCCN)CCCC[PH+](CCCC[PH+](c1ccccc1)c1ccccc1)C1=CCCC=C1.c1ccccc1. The lowest BCUT2D eigenvalue weighted by atomic mass is 10.2. The number of hydrogen-bond acceptors (Lipinski definition) is 2. The zero-order chi connectivity index (χ0) is 33.1. The normalized spacial score (nSPS) is 14.3. The van der Waals surface area contributed by atoms with Gasteiger partial charge in [0.05, 0.1) is 69.0 Å². The molecule has 5 heteroatoms. The van der Waals surface area contributed by atoms with Crippen molar-refractivity contribution >= 4 is 26.5 Å². The number of nitrogens with two attached hydrogens (primary N) is 2. The van der Waals surface area contributed by atoms with E-state index in [0.717, 1.165) is 37.1 Å². The highest BCUT2D eigenvalue weighted by atomic mass is 31.1. The minimum absolute atomic E-state index is 0.483. The molecule has 0 spiro atoms. The van der Waals surface area contributed by atoms with Crippen LogP contribution in [0.1, 0.15) is 65.2 Å². The van der Waals surface area contributed by atoms with Crippen LogP contribution in [-0.2, 0) is 0 Å². The van der Waals surface area contributed by atoms with E-state index in [9.17, 15) is 0 Å². The Morgan fingerprint density at radius 3 is 1.54 bits per heavy atom. The maximum absolute atomic E-state index is 5.94. The molecule has 0 radical (unpaired) electrons. The second kappa shape index (κ2) is 25.9.